The quantitative estimate of drug-likeness (QED) is 0.134. The molecule has 3 spiro atoms. The summed E-state index contributed by atoms with van der Waals surface area (Å²) in [4.78, 5) is 59.8. The third-order valence-corrected chi connectivity index (χ3v) is 20.6. The molecule has 3 saturated carbocycles. The van der Waals surface area contributed by atoms with Crippen molar-refractivity contribution in [1.29, 1.82) is 0 Å². The molecule has 0 aromatic heterocycles. The number of rotatable bonds is 11. The van der Waals surface area contributed by atoms with Crippen LogP contribution in [-0.4, -0.2) is 115 Å². The smallest absolute Gasteiger partial charge is 0.336 e. The molecule has 3 aliphatic heterocycles. The van der Waals surface area contributed by atoms with Crippen LogP contribution < -0.4 is 5.32 Å². The van der Waals surface area contributed by atoms with Gasteiger partial charge in [-0.05, 0) is 176 Å². The maximum Gasteiger partial charge on any atom is 0.336 e. The van der Waals surface area contributed by atoms with Gasteiger partial charge in [0.25, 0.3) is 0 Å². The van der Waals surface area contributed by atoms with E-state index in [9.17, 15) is 24.3 Å². The number of amides is 3. The van der Waals surface area contributed by atoms with Gasteiger partial charge in [-0.1, -0.05) is 143 Å². The van der Waals surface area contributed by atoms with Crippen LogP contribution in [0.4, 0.5) is 0 Å². The Hall–Kier alpha value is -5.37. The topological polar surface area (TPSA) is 117 Å². The highest BCUT2D eigenvalue weighted by Crippen LogP contribution is 2.55. The van der Waals surface area contributed by atoms with Gasteiger partial charge in [0.15, 0.2) is 0 Å². The van der Waals surface area contributed by atoms with Gasteiger partial charge in [-0.25, -0.2) is 4.79 Å². The van der Waals surface area contributed by atoms with E-state index < -0.39 is 5.97 Å². The molecule has 0 unspecified atom stereocenters. The zero-order valence-corrected chi connectivity index (χ0v) is 49.9. The Bertz CT molecular complexity index is 2880. The van der Waals surface area contributed by atoms with Crippen molar-refractivity contribution >= 4 is 52.0 Å². The van der Waals surface area contributed by atoms with Gasteiger partial charge in [-0.15, -0.1) is 12.4 Å². The van der Waals surface area contributed by atoms with E-state index >= 15 is 0 Å². The first-order chi connectivity index (χ1) is 37.4. The number of nitrogens with one attached hydrogen (secondary N) is 1. The number of carboxylic acid groups (broad SMARTS) is 1. The summed E-state index contributed by atoms with van der Waals surface area (Å²) in [5, 5.41) is 12.5. The molecule has 79 heavy (non-hydrogen) atoms. The van der Waals surface area contributed by atoms with Crippen LogP contribution in [0, 0.1) is 16.2 Å². The lowest BCUT2D eigenvalue weighted by molar-refractivity contribution is -0.129. The molecule has 13 heteroatoms. The largest absolute Gasteiger partial charge is 0.478 e. The maximum atomic E-state index is 12.9. The molecule has 2 N–H and O–H groups in total. The number of benzene rings is 5. The van der Waals surface area contributed by atoms with E-state index in [4.69, 9.17) is 0 Å². The fourth-order valence-electron chi connectivity index (χ4n) is 14.7. The van der Waals surface area contributed by atoms with E-state index in [0.717, 1.165) is 108 Å². The van der Waals surface area contributed by atoms with Crippen LogP contribution in [0.15, 0.2) is 144 Å². The summed E-state index contributed by atoms with van der Waals surface area (Å²) in [5.41, 5.74) is 6.96. The average molecular weight is 1160 g/mol. The number of carbonyl (C=O) groups is 4. The van der Waals surface area contributed by atoms with Crippen molar-refractivity contribution < 1.29 is 24.3 Å². The number of likely N-dealkylation sites (tertiary alicyclic amines) is 2. The van der Waals surface area contributed by atoms with Crippen LogP contribution in [0.5, 0.6) is 0 Å². The van der Waals surface area contributed by atoms with Crippen LogP contribution in [0.2, 0.25) is 0 Å². The van der Waals surface area contributed by atoms with Gasteiger partial charge in [0.05, 0.1) is 5.56 Å². The number of carbonyl (C=O) groups excluding carboxylic acids is 3. The molecule has 5 aromatic rings. The predicted molar refractivity (Wildman–Crippen MR) is 321 cm³/mol. The lowest BCUT2D eigenvalue weighted by Gasteiger charge is -2.48. The fraction of sp³-hybridized carbons (Fsp3) is 0.485. The lowest BCUT2D eigenvalue weighted by Crippen LogP contribution is -2.47. The van der Waals surface area contributed by atoms with Crippen molar-refractivity contribution in [2.24, 2.45) is 16.2 Å². The van der Waals surface area contributed by atoms with Crippen molar-refractivity contribution in [2.75, 3.05) is 61.9 Å². The van der Waals surface area contributed by atoms with E-state index in [1.54, 1.807) is 12.1 Å². The van der Waals surface area contributed by atoms with E-state index in [2.05, 4.69) is 186 Å². The molecular weight excluding hydrogens is 1070 g/mol. The fourth-order valence-corrected chi connectivity index (χ4v) is 15.2. The molecule has 6 aliphatic rings. The summed E-state index contributed by atoms with van der Waals surface area (Å²) in [7, 11) is 13.1. The second-order valence-electron chi connectivity index (χ2n) is 24.7. The molecule has 422 valence electrons. The summed E-state index contributed by atoms with van der Waals surface area (Å²) in [5.74, 6) is -0.245. The van der Waals surface area contributed by atoms with Gasteiger partial charge in [-0.3, -0.25) is 29.1 Å². The van der Waals surface area contributed by atoms with Crippen molar-refractivity contribution in [3.63, 3.8) is 0 Å². The van der Waals surface area contributed by atoms with Crippen LogP contribution in [0.25, 0.3) is 0 Å². The van der Waals surface area contributed by atoms with Crippen molar-refractivity contribution in [3.8, 4) is 0 Å². The summed E-state index contributed by atoms with van der Waals surface area (Å²) < 4.78 is 1.09. The Morgan fingerprint density at radius 2 is 0.823 bits per heavy atom. The first-order valence-electron chi connectivity index (χ1n) is 28.4. The van der Waals surface area contributed by atoms with E-state index in [0.29, 0.717) is 37.4 Å². The molecule has 11 rings (SSSR count). The normalized spacial score (nSPS) is 28.4. The van der Waals surface area contributed by atoms with Gasteiger partial charge in [0.1, 0.15) is 0 Å². The minimum Gasteiger partial charge on any atom is -0.478 e. The Labute approximate surface area is 485 Å². The Kier molecular flexibility index (Phi) is 18.7. The highest BCUT2D eigenvalue weighted by atomic mass is 79.9. The van der Waals surface area contributed by atoms with Gasteiger partial charge < -0.3 is 20.2 Å². The first kappa shape index (κ1) is 59.7. The molecule has 0 atom stereocenters. The third-order valence-electron chi connectivity index (χ3n) is 19.8. The Morgan fingerprint density at radius 1 is 0.481 bits per heavy atom. The standard InChI is InChI=1S/C25H30N2O3.C24H29BrN2O.C17H24N2O.ClH/c1-26(2)25(20-9-4-3-5-10-20)14-12-24(13-15-25)16-22(28)27(18-24)17-19-8-6-7-11-21(19)23(29)30;1-26(2)24(20-9-4-3-5-10-20)14-12-23(13-15-24)16-22(28)27(18-23)17-19-8-6-7-11-21(19)25;1-19(2)17(14-6-4-3-5-7-14)10-8-16(9-11-17)12-15(20)18-13-16;/h3-11H,12-18H2,1-2H3,(H,29,30);3-11H,12-18H2,1-2H3;3-7H,8-13H2,1-2H3,(H,18,20);1H. The number of halogens is 2. The van der Waals surface area contributed by atoms with Gasteiger partial charge in [-0.2, -0.15) is 0 Å². The SMILES string of the molecule is CN(C)C1(c2ccccc2)CCC2(CC1)CC(=O)N(Cc1ccccc1Br)C2.CN(C)C1(c2ccccc2)CCC2(CC1)CC(=O)N(Cc1ccccc1C(=O)O)C2.CN(C)C1(c2ccccc2)CCC2(CC1)CNC(=O)C2.Cl. The second-order valence-corrected chi connectivity index (χ2v) is 25.6. The van der Waals surface area contributed by atoms with Crippen molar-refractivity contribution in [3.05, 3.63) is 177 Å². The highest BCUT2D eigenvalue weighted by Gasteiger charge is 2.52. The van der Waals surface area contributed by atoms with E-state index in [1.165, 1.54) is 22.3 Å². The highest BCUT2D eigenvalue weighted by molar-refractivity contribution is 9.10. The Morgan fingerprint density at radius 3 is 1.18 bits per heavy atom. The molecular formula is C66H84BrClN6O5. The minimum absolute atomic E-state index is 0. The number of carboxylic acids is 1. The van der Waals surface area contributed by atoms with Gasteiger partial charge >= 0.3 is 5.97 Å². The molecule has 6 fully saturated rings. The Balaban J connectivity index is 0.000000158. The molecule has 3 aliphatic carbocycles. The van der Waals surface area contributed by atoms with Crippen LogP contribution in [-0.2, 0) is 44.1 Å². The van der Waals surface area contributed by atoms with Crippen LogP contribution in [0.1, 0.15) is 134 Å². The van der Waals surface area contributed by atoms with E-state index in [1.807, 2.05) is 29.2 Å². The molecule has 0 bridgehead atoms. The zero-order chi connectivity index (χ0) is 55.4. The second kappa shape index (κ2) is 24.8. The molecule has 3 saturated heterocycles. The summed E-state index contributed by atoms with van der Waals surface area (Å²) in [6.45, 7) is 3.58. The van der Waals surface area contributed by atoms with E-state index in [-0.39, 0.29) is 62.6 Å². The van der Waals surface area contributed by atoms with Crippen LogP contribution >= 0.6 is 28.3 Å². The van der Waals surface area contributed by atoms with Gasteiger partial charge in [0.2, 0.25) is 17.7 Å². The predicted octanol–water partition coefficient (Wildman–Crippen LogP) is 12.3. The number of aromatic carboxylic acids is 1. The monoisotopic (exact) mass is 1150 g/mol. The molecule has 0 radical (unpaired) electrons. The average Bonchev–Trinajstić information content (AvgIpc) is 4.32. The van der Waals surface area contributed by atoms with Crippen molar-refractivity contribution in [1.82, 2.24) is 29.8 Å². The molecule has 3 heterocycles. The van der Waals surface area contributed by atoms with Gasteiger partial charge in [0, 0.05) is 73.1 Å². The maximum absolute atomic E-state index is 12.9. The lowest BCUT2D eigenvalue weighted by atomic mass is 9.64. The molecule has 5 aromatic carbocycles. The number of nitrogens with zero attached hydrogens (tertiary/aromatic N) is 5. The van der Waals surface area contributed by atoms with Crippen molar-refractivity contribution in [2.45, 2.75) is 126 Å². The summed E-state index contributed by atoms with van der Waals surface area (Å²) in [6.07, 6.45) is 15.0. The summed E-state index contributed by atoms with van der Waals surface area (Å²) in [6, 6.07) is 47.6. The minimum atomic E-state index is -0.941. The zero-order valence-electron chi connectivity index (χ0n) is 47.5. The van der Waals surface area contributed by atoms with Crippen LogP contribution in [0.3, 0.4) is 0 Å². The number of hydrogen-bond donors (Lipinski definition) is 2. The first-order valence-corrected chi connectivity index (χ1v) is 29.2. The summed E-state index contributed by atoms with van der Waals surface area (Å²) >= 11 is 3.62. The number of hydrogen-bond acceptors (Lipinski definition) is 7. The third kappa shape index (κ3) is 12.6. The molecule has 11 nitrogen and oxygen atoms in total. The molecule has 3 amide bonds.